The van der Waals surface area contributed by atoms with Crippen LogP contribution in [-0.4, -0.2) is 29.0 Å². The van der Waals surface area contributed by atoms with E-state index in [2.05, 4.69) is 20.8 Å². The van der Waals surface area contributed by atoms with Crippen molar-refractivity contribution < 1.29 is 18.5 Å². The van der Waals surface area contributed by atoms with Gasteiger partial charge in [-0.15, -0.1) is 0 Å². The molecular formula is C29H26FN5O3. The summed E-state index contributed by atoms with van der Waals surface area (Å²) in [4.78, 5) is 33.1. The highest BCUT2D eigenvalue weighted by Gasteiger charge is 2.34. The summed E-state index contributed by atoms with van der Waals surface area (Å²) in [6.45, 7) is 5.61. The van der Waals surface area contributed by atoms with E-state index < -0.39 is 23.9 Å². The fourth-order valence-electron chi connectivity index (χ4n) is 4.45. The van der Waals surface area contributed by atoms with Crippen molar-refractivity contribution in [1.82, 2.24) is 10.5 Å². The van der Waals surface area contributed by atoms with Crippen LogP contribution in [-0.2, 0) is 11.3 Å². The number of aromatic nitrogens is 1. The zero-order chi connectivity index (χ0) is 26.8. The SMILES string of the molecule is Cc1cccc(NC(=O)NC2N=C(c3ccccc3F)c3ccccc3N(Cc3c(C)noc3C)C2=O)c1. The number of carbonyl (C=O) groups is 2. The number of urea groups is 1. The Morgan fingerprint density at radius 2 is 1.74 bits per heavy atom. The van der Waals surface area contributed by atoms with Gasteiger partial charge < -0.3 is 20.1 Å². The van der Waals surface area contributed by atoms with Gasteiger partial charge in [-0.25, -0.2) is 14.2 Å². The van der Waals surface area contributed by atoms with Crippen molar-refractivity contribution in [2.75, 3.05) is 10.2 Å². The Bertz CT molecular complexity index is 1540. The van der Waals surface area contributed by atoms with E-state index in [9.17, 15) is 9.59 Å². The average Bonchev–Trinajstić information content (AvgIpc) is 3.16. The molecule has 0 aliphatic carbocycles. The summed E-state index contributed by atoms with van der Waals surface area (Å²) >= 11 is 0. The van der Waals surface area contributed by atoms with Crippen LogP contribution >= 0.6 is 0 Å². The first-order valence-electron chi connectivity index (χ1n) is 12.1. The molecule has 38 heavy (non-hydrogen) atoms. The number of carbonyl (C=O) groups excluding carboxylic acids is 2. The van der Waals surface area contributed by atoms with Gasteiger partial charge in [0.15, 0.2) is 0 Å². The van der Waals surface area contributed by atoms with Gasteiger partial charge >= 0.3 is 6.03 Å². The second-order valence-corrected chi connectivity index (χ2v) is 9.07. The Kier molecular flexibility index (Phi) is 6.74. The van der Waals surface area contributed by atoms with Gasteiger partial charge in [0.1, 0.15) is 11.6 Å². The van der Waals surface area contributed by atoms with Crippen LogP contribution in [0, 0.1) is 26.6 Å². The lowest BCUT2D eigenvalue weighted by molar-refractivity contribution is -0.120. The normalized spacial score (nSPS) is 14.9. The zero-order valence-electron chi connectivity index (χ0n) is 21.2. The molecule has 1 aromatic heterocycles. The third-order valence-corrected chi connectivity index (χ3v) is 6.38. The molecule has 0 fully saturated rings. The number of rotatable bonds is 5. The van der Waals surface area contributed by atoms with Gasteiger partial charge in [-0.1, -0.05) is 47.6 Å². The molecule has 0 spiro atoms. The minimum Gasteiger partial charge on any atom is -0.361 e. The highest BCUT2D eigenvalue weighted by atomic mass is 19.1. The van der Waals surface area contributed by atoms with Crippen LogP contribution < -0.4 is 15.5 Å². The summed E-state index contributed by atoms with van der Waals surface area (Å²) in [6, 6.07) is 20.0. The van der Waals surface area contributed by atoms with Crippen LogP contribution in [0.1, 0.15) is 33.7 Å². The summed E-state index contributed by atoms with van der Waals surface area (Å²) < 4.78 is 20.3. The van der Waals surface area contributed by atoms with E-state index in [-0.39, 0.29) is 17.8 Å². The van der Waals surface area contributed by atoms with E-state index in [4.69, 9.17) is 4.52 Å². The van der Waals surface area contributed by atoms with Crippen molar-refractivity contribution in [3.05, 3.63) is 112 Å². The minimum atomic E-state index is -1.33. The lowest BCUT2D eigenvalue weighted by atomic mass is 9.99. The number of hydrogen-bond acceptors (Lipinski definition) is 5. The summed E-state index contributed by atoms with van der Waals surface area (Å²) in [5, 5.41) is 9.44. The molecule has 0 radical (unpaired) electrons. The summed E-state index contributed by atoms with van der Waals surface area (Å²) in [7, 11) is 0. The quantitative estimate of drug-likeness (QED) is 0.381. The van der Waals surface area contributed by atoms with Crippen molar-refractivity contribution in [3.63, 3.8) is 0 Å². The lowest BCUT2D eigenvalue weighted by Crippen LogP contribution is -2.48. The molecule has 0 saturated heterocycles. The molecular weight excluding hydrogens is 485 g/mol. The topological polar surface area (TPSA) is 99.8 Å². The van der Waals surface area contributed by atoms with Crippen molar-refractivity contribution in [2.45, 2.75) is 33.5 Å². The lowest BCUT2D eigenvalue weighted by Gasteiger charge is -2.25. The number of fused-ring (bicyclic) bond motifs is 1. The number of amides is 3. The fraction of sp³-hybridized carbons (Fsp3) is 0.172. The Morgan fingerprint density at radius 3 is 2.45 bits per heavy atom. The molecule has 1 aliphatic rings. The van der Waals surface area contributed by atoms with E-state index in [1.165, 1.54) is 11.0 Å². The number of nitrogens with zero attached hydrogens (tertiary/aromatic N) is 3. The predicted octanol–water partition coefficient (Wildman–Crippen LogP) is 5.27. The zero-order valence-corrected chi connectivity index (χ0v) is 21.2. The van der Waals surface area contributed by atoms with Gasteiger partial charge in [0.2, 0.25) is 6.17 Å². The third kappa shape index (κ3) is 4.90. The maximum absolute atomic E-state index is 15.0. The van der Waals surface area contributed by atoms with Crippen LogP contribution in [0.2, 0.25) is 0 Å². The Morgan fingerprint density at radius 1 is 1.00 bits per heavy atom. The van der Waals surface area contributed by atoms with E-state index in [1.54, 1.807) is 62.4 Å². The van der Waals surface area contributed by atoms with E-state index in [0.29, 0.717) is 28.4 Å². The highest BCUT2D eigenvalue weighted by Crippen LogP contribution is 2.31. The molecule has 8 nitrogen and oxygen atoms in total. The van der Waals surface area contributed by atoms with Gasteiger partial charge in [-0.2, -0.15) is 0 Å². The number of aryl methyl sites for hydroxylation is 3. The van der Waals surface area contributed by atoms with Crippen LogP contribution in [0.25, 0.3) is 0 Å². The van der Waals surface area contributed by atoms with Crippen molar-refractivity contribution in [2.24, 2.45) is 4.99 Å². The molecule has 2 heterocycles. The first-order chi connectivity index (χ1) is 18.3. The van der Waals surface area contributed by atoms with Crippen LogP contribution in [0.5, 0.6) is 0 Å². The minimum absolute atomic E-state index is 0.134. The van der Waals surface area contributed by atoms with E-state index >= 15 is 4.39 Å². The molecule has 1 atom stereocenters. The van der Waals surface area contributed by atoms with Crippen LogP contribution in [0.15, 0.2) is 82.3 Å². The number of benzene rings is 3. The first kappa shape index (κ1) is 24.9. The van der Waals surface area contributed by atoms with Gasteiger partial charge in [-0.3, -0.25) is 4.79 Å². The summed E-state index contributed by atoms with van der Waals surface area (Å²) in [5.74, 6) is -0.396. The average molecular weight is 512 g/mol. The van der Waals surface area contributed by atoms with E-state index in [1.807, 2.05) is 25.1 Å². The van der Waals surface area contributed by atoms with Gasteiger partial charge in [-0.05, 0) is 56.7 Å². The Hall–Kier alpha value is -4.79. The monoisotopic (exact) mass is 511 g/mol. The van der Waals surface area contributed by atoms with Crippen molar-refractivity contribution >= 4 is 29.0 Å². The molecule has 3 aromatic carbocycles. The maximum Gasteiger partial charge on any atom is 0.321 e. The number of hydrogen-bond donors (Lipinski definition) is 2. The largest absolute Gasteiger partial charge is 0.361 e. The second-order valence-electron chi connectivity index (χ2n) is 9.07. The van der Waals surface area contributed by atoms with E-state index in [0.717, 1.165) is 11.1 Å². The summed E-state index contributed by atoms with van der Waals surface area (Å²) in [5.41, 5.74) is 4.49. The standard InChI is InChI=1S/C29H26FN5O3/c1-17-9-8-10-20(15-17)31-29(37)33-27-28(36)35(16-23-18(2)34-38-19(23)3)25-14-7-5-12-22(25)26(32-27)21-11-4-6-13-24(21)30/h4-15,27H,16H2,1-3H3,(H2,31,33,37). The second kappa shape index (κ2) is 10.3. The molecule has 192 valence electrons. The molecule has 4 aromatic rings. The van der Waals surface area contributed by atoms with Crippen LogP contribution in [0.4, 0.5) is 20.6 Å². The number of halogens is 1. The third-order valence-electron chi connectivity index (χ3n) is 6.38. The number of anilines is 2. The number of benzodiazepines with no additional fused rings is 1. The number of para-hydroxylation sites is 1. The molecule has 0 bridgehead atoms. The van der Waals surface area contributed by atoms with Crippen molar-refractivity contribution in [1.29, 1.82) is 0 Å². The Labute approximate surface area is 219 Å². The highest BCUT2D eigenvalue weighted by molar-refractivity contribution is 6.20. The number of aliphatic imine (C=N–C) groups is 1. The first-order valence-corrected chi connectivity index (χ1v) is 12.1. The molecule has 3 amide bonds. The molecule has 5 rings (SSSR count). The Balaban J connectivity index is 1.59. The molecule has 2 N–H and O–H groups in total. The number of nitrogens with one attached hydrogen (secondary N) is 2. The smallest absolute Gasteiger partial charge is 0.321 e. The van der Waals surface area contributed by atoms with Gasteiger partial charge in [0, 0.05) is 22.4 Å². The molecule has 1 aliphatic heterocycles. The van der Waals surface area contributed by atoms with Crippen molar-refractivity contribution in [3.8, 4) is 0 Å². The van der Waals surface area contributed by atoms with Gasteiger partial charge in [0.25, 0.3) is 5.91 Å². The van der Waals surface area contributed by atoms with Crippen LogP contribution in [0.3, 0.4) is 0 Å². The summed E-state index contributed by atoms with van der Waals surface area (Å²) in [6.07, 6.45) is -1.33. The molecule has 9 heteroatoms. The van der Waals surface area contributed by atoms with Gasteiger partial charge in [0.05, 0.1) is 23.6 Å². The maximum atomic E-state index is 15.0. The molecule has 1 unspecified atom stereocenters. The predicted molar refractivity (Wildman–Crippen MR) is 143 cm³/mol. The fourth-order valence-corrected chi connectivity index (χ4v) is 4.45. The molecule has 0 saturated carbocycles.